The number of nitrogens with one attached hydrogen (secondary N) is 1. The molecule has 0 spiro atoms. The molecule has 6 nitrogen and oxygen atoms in total. The predicted molar refractivity (Wildman–Crippen MR) is 103 cm³/mol. The number of aromatic nitrogens is 2. The van der Waals surface area contributed by atoms with Crippen LogP contribution in [-0.4, -0.2) is 28.8 Å². The van der Waals surface area contributed by atoms with Crippen molar-refractivity contribution in [3.63, 3.8) is 0 Å². The average molecular weight is 402 g/mol. The van der Waals surface area contributed by atoms with Crippen molar-refractivity contribution in [3.05, 3.63) is 81.9 Å². The summed E-state index contributed by atoms with van der Waals surface area (Å²) in [6, 6.07) is 12.3. The van der Waals surface area contributed by atoms with Gasteiger partial charge < -0.3 is 10.1 Å². The highest BCUT2D eigenvalue weighted by Gasteiger charge is 2.21. The maximum atomic E-state index is 13.1. The molecular formula is C20H17ClFN3O3. The Hall–Kier alpha value is -3.19. The average Bonchev–Trinajstić information content (AvgIpc) is 2.96. The molecule has 0 unspecified atom stereocenters. The van der Waals surface area contributed by atoms with Crippen molar-refractivity contribution in [3.8, 4) is 0 Å². The number of hydrogen-bond acceptors (Lipinski definition) is 4. The van der Waals surface area contributed by atoms with E-state index >= 15 is 0 Å². The second-order valence-electron chi connectivity index (χ2n) is 6.06. The highest BCUT2D eigenvalue weighted by atomic mass is 35.5. The number of carbonyl (C=O) groups excluding carboxylic acids is 2. The Morgan fingerprint density at radius 1 is 1.21 bits per heavy atom. The van der Waals surface area contributed by atoms with Gasteiger partial charge in [-0.1, -0.05) is 29.8 Å². The minimum atomic E-state index is -0.502. The first-order valence-electron chi connectivity index (χ1n) is 8.36. The molecule has 0 saturated heterocycles. The van der Waals surface area contributed by atoms with Crippen molar-refractivity contribution in [2.45, 2.75) is 13.5 Å². The topological polar surface area (TPSA) is 73.2 Å². The van der Waals surface area contributed by atoms with E-state index in [1.807, 2.05) is 0 Å². The largest absolute Gasteiger partial charge is 0.465 e. The van der Waals surface area contributed by atoms with Crippen LogP contribution in [0.2, 0.25) is 5.15 Å². The normalized spacial score (nSPS) is 10.6. The van der Waals surface area contributed by atoms with Crippen LogP contribution in [0.1, 0.15) is 32.0 Å². The summed E-state index contributed by atoms with van der Waals surface area (Å²) in [5.74, 6) is -1.28. The van der Waals surface area contributed by atoms with Gasteiger partial charge in [0, 0.05) is 5.69 Å². The molecule has 2 aromatic carbocycles. The zero-order valence-electron chi connectivity index (χ0n) is 15.2. The van der Waals surface area contributed by atoms with E-state index in [1.54, 1.807) is 37.3 Å². The third-order valence-corrected chi connectivity index (χ3v) is 4.46. The van der Waals surface area contributed by atoms with Crippen molar-refractivity contribution in [2.24, 2.45) is 0 Å². The molecule has 0 aliphatic rings. The molecule has 0 bridgehead atoms. The second-order valence-corrected chi connectivity index (χ2v) is 6.42. The highest BCUT2D eigenvalue weighted by Crippen LogP contribution is 2.23. The number of esters is 1. The number of anilines is 1. The van der Waals surface area contributed by atoms with Crippen molar-refractivity contribution in [2.75, 3.05) is 12.4 Å². The number of hydrogen-bond donors (Lipinski definition) is 1. The lowest BCUT2D eigenvalue weighted by Crippen LogP contribution is -2.14. The molecule has 28 heavy (non-hydrogen) atoms. The van der Waals surface area contributed by atoms with E-state index in [-0.39, 0.29) is 16.5 Å². The highest BCUT2D eigenvalue weighted by molar-refractivity contribution is 6.33. The van der Waals surface area contributed by atoms with Gasteiger partial charge in [0.25, 0.3) is 5.91 Å². The van der Waals surface area contributed by atoms with Crippen molar-refractivity contribution >= 4 is 29.2 Å². The summed E-state index contributed by atoms with van der Waals surface area (Å²) in [6.45, 7) is 1.97. The van der Waals surface area contributed by atoms with E-state index in [1.165, 1.54) is 30.0 Å². The number of ether oxygens (including phenoxy) is 1. The monoisotopic (exact) mass is 401 g/mol. The van der Waals surface area contributed by atoms with Crippen LogP contribution < -0.4 is 5.32 Å². The van der Waals surface area contributed by atoms with E-state index in [4.69, 9.17) is 11.6 Å². The molecule has 3 aromatic rings. The van der Waals surface area contributed by atoms with Gasteiger partial charge in [0.1, 0.15) is 11.0 Å². The third kappa shape index (κ3) is 4.20. The Morgan fingerprint density at radius 2 is 1.93 bits per heavy atom. The van der Waals surface area contributed by atoms with Crippen LogP contribution in [0, 0.1) is 12.7 Å². The fraction of sp³-hybridized carbons (Fsp3) is 0.150. The van der Waals surface area contributed by atoms with Crippen molar-refractivity contribution < 1.29 is 18.7 Å². The molecule has 144 valence electrons. The third-order valence-electron chi connectivity index (χ3n) is 4.08. The first-order valence-corrected chi connectivity index (χ1v) is 8.74. The first-order chi connectivity index (χ1) is 13.4. The summed E-state index contributed by atoms with van der Waals surface area (Å²) < 4.78 is 19.2. The Labute approximate surface area is 165 Å². The van der Waals surface area contributed by atoms with Gasteiger partial charge in [-0.15, -0.1) is 0 Å². The van der Waals surface area contributed by atoms with Crippen molar-refractivity contribution in [1.29, 1.82) is 0 Å². The molecular weight excluding hydrogens is 385 g/mol. The van der Waals surface area contributed by atoms with E-state index in [9.17, 15) is 14.0 Å². The molecule has 0 atom stereocenters. The molecule has 3 rings (SSSR count). The number of aryl methyl sites for hydroxylation is 1. The molecule has 1 aromatic heterocycles. The minimum Gasteiger partial charge on any atom is -0.465 e. The number of benzene rings is 2. The zero-order valence-corrected chi connectivity index (χ0v) is 16.0. The maximum Gasteiger partial charge on any atom is 0.337 e. The lowest BCUT2D eigenvalue weighted by atomic mass is 10.2. The zero-order chi connectivity index (χ0) is 20.3. The Bertz CT molecular complexity index is 1030. The van der Waals surface area contributed by atoms with Gasteiger partial charge in [0.05, 0.1) is 30.5 Å². The number of rotatable bonds is 5. The Kier molecular flexibility index (Phi) is 5.75. The quantitative estimate of drug-likeness (QED) is 0.654. The molecule has 0 aliphatic carbocycles. The van der Waals surface area contributed by atoms with Gasteiger partial charge in [-0.3, -0.25) is 4.79 Å². The molecule has 0 radical (unpaired) electrons. The predicted octanol–water partition coefficient (Wildman–Crippen LogP) is 4.07. The van der Waals surface area contributed by atoms with E-state index in [2.05, 4.69) is 15.2 Å². The fourth-order valence-corrected chi connectivity index (χ4v) is 3.03. The summed E-state index contributed by atoms with van der Waals surface area (Å²) in [5.41, 5.74) is 2.22. The summed E-state index contributed by atoms with van der Waals surface area (Å²) in [5, 5.41) is 7.19. The van der Waals surface area contributed by atoms with Gasteiger partial charge in [-0.2, -0.15) is 5.10 Å². The molecule has 0 fully saturated rings. The minimum absolute atomic E-state index is 0.170. The maximum absolute atomic E-state index is 13.1. The van der Waals surface area contributed by atoms with Gasteiger partial charge in [-0.25, -0.2) is 13.9 Å². The van der Waals surface area contributed by atoms with Gasteiger partial charge in [0.2, 0.25) is 0 Å². The number of methoxy groups -OCH3 is 1. The van der Waals surface area contributed by atoms with Gasteiger partial charge in [0.15, 0.2) is 0 Å². The summed E-state index contributed by atoms with van der Waals surface area (Å²) >= 11 is 6.37. The van der Waals surface area contributed by atoms with Gasteiger partial charge >= 0.3 is 5.97 Å². The lowest BCUT2D eigenvalue weighted by Gasteiger charge is -2.07. The van der Waals surface area contributed by atoms with E-state index in [0.29, 0.717) is 23.5 Å². The summed E-state index contributed by atoms with van der Waals surface area (Å²) in [7, 11) is 1.28. The van der Waals surface area contributed by atoms with E-state index < -0.39 is 11.9 Å². The molecule has 1 amide bonds. The van der Waals surface area contributed by atoms with Crippen molar-refractivity contribution in [1.82, 2.24) is 9.78 Å². The molecule has 1 N–H and O–H groups in total. The molecule has 8 heteroatoms. The lowest BCUT2D eigenvalue weighted by molar-refractivity contribution is 0.0600. The molecule has 1 heterocycles. The van der Waals surface area contributed by atoms with Crippen LogP contribution in [0.3, 0.4) is 0 Å². The van der Waals surface area contributed by atoms with Gasteiger partial charge in [-0.05, 0) is 42.8 Å². The number of carbonyl (C=O) groups is 2. The SMILES string of the molecule is COC(=O)c1cccc(NC(=O)c2c(C)nn(Cc3ccc(F)cc3)c2Cl)c1. The smallest absolute Gasteiger partial charge is 0.337 e. The fourth-order valence-electron chi connectivity index (χ4n) is 2.71. The van der Waals surface area contributed by atoms with Crippen LogP contribution in [-0.2, 0) is 11.3 Å². The van der Waals surface area contributed by atoms with Crippen LogP contribution in [0.15, 0.2) is 48.5 Å². The Morgan fingerprint density at radius 3 is 2.61 bits per heavy atom. The second kappa shape index (κ2) is 8.22. The molecule has 0 saturated carbocycles. The summed E-state index contributed by atoms with van der Waals surface area (Å²) in [6.07, 6.45) is 0. The van der Waals surface area contributed by atoms with Crippen LogP contribution >= 0.6 is 11.6 Å². The number of nitrogens with zero attached hydrogens (tertiary/aromatic N) is 2. The number of amides is 1. The standard InChI is InChI=1S/C20H17ClFN3O3/c1-12-17(18(21)25(24-12)11-13-6-8-15(22)9-7-13)19(26)23-16-5-3-4-14(10-16)20(27)28-2/h3-10H,11H2,1-2H3,(H,23,26). The van der Waals surface area contributed by atoms with Crippen LogP contribution in [0.4, 0.5) is 10.1 Å². The molecule has 0 aliphatic heterocycles. The Balaban J connectivity index is 1.82. The summed E-state index contributed by atoms with van der Waals surface area (Å²) in [4.78, 5) is 24.3. The van der Waals surface area contributed by atoms with Crippen LogP contribution in [0.25, 0.3) is 0 Å². The van der Waals surface area contributed by atoms with E-state index in [0.717, 1.165) is 5.56 Å². The number of halogens is 2. The first kappa shape index (κ1) is 19.6. The van der Waals surface area contributed by atoms with Crippen LogP contribution in [0.5, 0.6) is 0 Å².